The van der Waals surface area contributed by atoms with Crippen LogP contribution in [0.15, 0.2) is 60.8 Å². The molecule has 2 aromatic carbocycles. The molecule has 4 aromatic rings. The van der Waals surface area contributed by atoms with Gasteiger partial charge in [-0.25, -0.2) is 9.78 Å². The van der Waals surface area contributed by atoms with Gasteiger partial charge >= 0.3 is 12.2 Å². The van der Waals surface area contributed by atoms with Crippen LogP contribution in [0.25, 0.3) is 11.0 Å². The number of aliphatic hydroxyl groups is 3. The van der Waals surface area contributed by atoms with Gasteiger partial charge in [-0.15, -0.1) is 0 Å². The van der Waals surface area contributed by atoms with Crippen molar-refractivity contribution in [1.82, 2.24) is 34.6 Å². The van der Waals surface area contributed by atoms with Crippen LogP contribution in [0.4, 0.5) is 22.2 Å². The summed E-state index contributed by atoms with van der Waals surface area (Å²) in [7, 11) is 0. The molecule has 410 valence electrons. The summed E-state index contributed by atoms with van der Waals surface area (Å²) in [6.45, 7) is 8.97. The van der Waals surface area contributed by atoms with Crippen molar-refractivity contribution in [3.05, 3.63) is 83.1 Å². The molecule has 76 heavy (non-hydrogen) atoms. The summed E-state index contributed by atoms with van der Waals surface area (Å²) < 4.78 is 24.6. The molecular formula is C52H68N10O14. The number of aliphatic hydroxyl groups excluding tert-OH is 3. The van der Waals surface area contributed by atoms with Crippen LogP contribution in [-0.2, 0) is 62.7 Å². The van der Waals surface area contributed by atoms with E-state index in [4.69, 9.17) is 34.3 Å². The first-order valence-electron chi connectivity index (χ1n) is 25.4. The first-order valence-corrected chi connectivity index (χ1v) is 25.4. The number of carbonyl (C=O) groups excluding carboxylic acids is 7. The maximum absolute atomic E-state index is 13.3. The first-order chi connectivity index (χ1) is 36.7. The Kier molecular flexibility index (Phi) is 22.2. The van der Waals surface area contributed by atoms with Gasteiger partial charge in [-0.05, 0) is 66.6 Å². The van der Waals surface area contributed by atoms with Gasteiger partial charge in [-0.3, -0.25) is 29.0 Å². The summed E-state index contributed by atoms with van der Waals surface area (Å²) in [5.41, 5.74) is 12.0. The third-order valence-electron chi connectivity index (χ3n) is 12.8. The molecule has 2 saturated heterocycles. The number of ether oxygens (including phenoxy) is 4. The SMILES string of the molecule is CCCCCNc1nc(N)nc2ccn(Cc3ccc(CN4CCN(C(=O)OCc5ccc(O[C@@H]6OC[C@@H](O)[C@H](O)[C@H]6O)c(NC(=O)CCCCNC(=O)CCOCCN6C(=O)C=CC6=O)c5)CC4)cc3C)c12.O=C=O. The van der Waals surface area contributed by atoms with Crippen molar-refractivity contribution in [2.24, 2.45) is 0 Å². The van der Waals surface area contributed by atoms with E-state index in [0.717, 1.165) is 54.1 Å². The lowest BCUT2D eigenvalue weighted by molar-refractivity contribution is -0.241. The highest BCUT2D eigenvalue weighted by atomic mass is 16.7. The Hall–Kier alpha value is -7.31. The number of aromatic nitrogens is 3. The quantitative estimate of drug-likeness (QED) is 0.0370. The number of hydrogen-bond acceptors (Lipinski definition) is 19. The maximum Gasteiger partial charge on any atom is 0.410 e. The minimum atomic E-state index is -1.58. The molecule has 24 nitrogen and oxygen atoms in total. The number of aryl methyl sites for hydroxylation is 1. The summed E-state index contributed by atoms with van der Waals surface area (Å²) in [5, 5.41) is 39.7. The van der Waals surface area contributed by atoms with Crippen molar-refractivity contribution in [3.63, 3.8) is 0 Å². The summed E-state index contributed by atoms with van der Waals surface area (Å²) in [6, 6.07) is 13.2. The van der Waals surface area contributed by atoms with Gasteiger partial charge in [0.1, 0.15) is 36.2 Å². The molecule has 3 aliphatic rings. The number of piperazine rings is 1. The number of anilines is 3. The molecule has 3 aliphatic heterocycles. The number of rotatable bonds is 25. The molecule has 2 aromatic heterocycles. The van der Waals surface area contributed by atoms with E-state index in [0.29, 0.717) is 57.7 Å². The number of nitrogens with two attached hydrogens (primary N) is 1. The zero-order valence-electron chi connectivity index (χ0n) is 42.8. The number of unbranched alkanes of at least 4 members (excludes halogenated alkanes) is 3. The summed E-state index contributed by atoms with van der Waals surface area (Å²) in [4.78, 5) is 92.3. The second kappa shape index (κ2) is 29.1. The van der Waals surface area contributed by atoms with Crippen LogP contribution in [0.5, 0.6) is 5.75 Å². The Bertz CT molecular complexity index is 2670. The zero-order valence-corrected chi connectivity index (χ0v) is 42.8. The number of fused-ring (bicyclic) bond motifs is 1. The second-order valence-electron chi connectivity index (χ2n) is 18.5. The van der Waals surface area contributed by atoms with E-state index < -0.39 is 42.5 Å². The Morgan fingerprint density at radius 2 is 1.59 bits per heavy atom. The van der Waals surface area contributed by atoms with Gasteiger partial charge in [-0.1, -0.05) is 44.0 Å². The normalized spacial score (nSPS) is 18.5. The summed E-state index contributed by atoms with van der Waals surface area (Å²) in [5.74, 6) is -0.323. The van der Waals surface area contributed by atoms with Crippen molar-refractivity contribution in [3.8, 4) is 5.75 Å². The number of nitrogens with zero attached hydrogens (tertiary/aromatic N) is 6. The third kappa shape index (κ3) is 16.8. The smallest absolute Gasteiger partial charge is 0.410 e. The van der Waals surface area contributed by atoms with Crippen molar-refractivity contribution < 1.29 is 67.8 Å². The van der Waals surface area contributed by atoms with Gasteiger partial charge in [-0.2, -0.15) is 14.6 Å². The largest absolute Gasteiger partial charge is 0.460 e. The standard InChI is InChI=1S/C51H68N10O12.CO2/c1-3-4-6-18-54-48-45-37(56-50(52)57-48)15-19-60(45)30-36-11-9-34(27-33(36)2)29-58-20-22-59(23-21-58)51(69)72-31-35-10-12-40(73-49-47(68)46(67)39(62)32-71-49)38(28-35)55-42(64)8-5-7-17-53-41(63)16-25-70-26-24-61-43(65)13-14-44(61)66;2-1-3/h9-15,19,27-28,39,46-47,49,62,67-68H,3-8,16-18,20-26,29-32H2,1-2H3,(H,53,63)(H,55,64)(H3,52,54,56,57);/t39-,46+,47-,49+;/m1./s1. The van der Waals surface area contributed by atoms with Crippen molar-refractivity contribution in [2.75, 3.05) is 82.0 Å². The first kappa shape index (κ1) is 58.0. The van der Waals surface area contributed by atoms with Gasteiger partial charge in [0.05, 0.1) is 37.6 Å². The van der Waals surface area contributed by atoms with E-state index in [-0.39, 0.29) is 81.2 Å². The molecule has 4 atom stereocenters. The summed E-state index contributed by atoms with van der Waals surface area (Å²) >= 11 is 0. The van der Waals surface area contributed by atoms with E-state index in [1.54, 1.807) is 17.0 Å². The molecule has 0 aliphatic carbocycles. The van der Waals surface area contributed by atoms with Crippen LogP contribution in [0.2, 0.25) is 0 Å². The van der Waals surface area contributed by atoms with Crippen molar-refractivity contribution in [2.45, 2.75) is 103 Å². The Balaban J connectivity index is 0.00000305. The molecule has 5 amide bonds. The van der Waals surface area contributed by atoms with E-state index >= 15 is 0 Å². The fraction of sp³-hybridized carbons (Fsp3) is 0.500. The Labute approximate surface area is 439 Å². The van der Waals surface area contributed by atoms with Gasteiger partial charge in [0.2, 0.25) is 24.1 Å². The highest BCUT2D eigenvalue weighted by Gasteiger charge is 2.39. The molecule has 24 heteroatoms. The van der Waals surface area contributed by atoms with Gasteiger partial charge in [0.15, 0.2) is 5.82 Å². The highest BCUT2D eigenvalue weighted by Crippen LogP contribution is 2.31. The molecule has 0 bridgehead atoms. The molecular weight excluding hydrogens is 989 g/mol. The Morgan fingerprint density at radius 1 is 0.855 bits per heavy atom. The lowest BCUT2D eigenvalue weighted by atomic mass is 10.0. The number of carbonyl (C=O) groups is 5. The molecule has 0 unspecified atom stereocenters. The van der Waals surface area contributed by atoms with Gasteiger partial charge in [0.25, 0.3) is 11.8 Å². The number of benzene rings is 2. The minimum Gasteiger partial charge on any atom is -0.460 e. The highest BCUT2D eigenvalue weighted by molar-refractivity contribution is 6.12. The molecule has 8 N–H and O–H groups in total. The van der Waals surface area contributed by atoms with Crippen LogP contribution >= 0.6 is 0 Å². The average molecular weight is 1060 g/mol. The fourth-order valence-electron chi connectivity index (χ4n) is 8.65. The van der Waals surface area contributed by atoms with Gasteiger partial charge < -0.3 is 65.4 Å². The van der Waals surface area contributed by atoms with Crippen LogP contribution in [-0.4, -0.2) is 171 Å². The van der Waals surface area contributed by atoms with Crippen molar-refractivity contribution >= 4 is 64.4 Å². The zero-order chi connectivity index (χ0) is 54.6. The Morgan fingerprint density at radius 3 is 2.33 bits per heavy atom. The van der Waals surface area contributed by atoms with Crippen LogP contribution in [0, 0.1) is 6.92 Å². The minimum absolute atomic E-state index is 0.0827. The topological polar surface area (TPSA) is 320 Å². The number of nitrogen functional groups attached to an aromatic ring is 1. The van der Waals surface area contributed by atoms with E-state index in [9.17, 15) is 39.3 Å². The number of imide groups is 1. The van der Waals surface area contributed by atoms with Gasteiger partial charge in [0, 0.05) is 83.5 Å². The average Bonchev–Trinajstić information content (AvgIpc) is 3.96. The molecule has 7 rings (SSSR count). The predicted molar refractivity (Wildman–Crippen MR) is 274 cm³/mol. The molecule has 0 saturated carbocycles. The van der Waals surface area contributed by atoms with Crippen LogP contribution < -0.4 is 26.4 Å². The van der Waals surface area contributed by atoms with Crippen LogP contribution in [0.3, 0.4) is 0 Å². The van der Waals surface area contributed by atoms with E-state index in [1.807, 2.05) is 12.3 Å². The second-order valence-corrected chi connectivity index (χ2v) is 18.5. The summed E-state index contributed by atoms with van der Waals surface area (Å²) in [6.07, 6.45) is 2.81. The van der Waals surface area contributed by atoms with Crippen LogP contribution in [0.1, 0.15) is 74.1 Å². The fourth-order valence-corrected chi connectivity index (χ4v) is 8.65. The number of hydrogen-bond donors (Lipinski definition) is 7. The van der Waals surface area contributed by atoms with Crippen molar-refractivity contribution in [1.29, 1.82) is 0 Å². The number of amides is 5. The lowest BCUT2D eigenvalue weighted by Crippen LogP contribution is -2.54. The number of nitrogens with one attached hydrogen (secondary N) is 3. The lowest BCUT2D eigenvalue weighted by Gasteiger charge is -2.35. The third-order valence-corrected chi connectivity index (χ3v) is 12.8. The maximum atomic E-state index is 13.3. The molecule has 0 spiro atoms. The predicted octanol–water partition coefficient (Wildman–Crippen LogP) is 2.22. The monoisotopic (exact) mass is 1060 g/mol. The van der Waals surface area contributed by atoms with E-state index in [2.05, 4.69) is 67.4 Å². The molecule has 0 radical (unpaired) electrons. The molecule has 2 fully saturated rings. The van der Waals surface area contributed by atoms with E-state index in [1.165, 1.54) is 34.9 Å². The molecule has 5 heterocycles.